The highest BCUT2D eigenvalue weighted by Gasteiger charge is 2.01. The third-order valence-corrected chi connectivity index (χ3v) is 2.21. The highest BCUT2D eigenvalue weighted by molar-refractivity contribution is 5.99. The molecule has 0 aliphatic heterocycles. The fraction of sp³-hybridized carbons (Fsp3) is 0.0909. The minimum Gasteiger partial charge on any atom is -0.397 e. The lowest BCUT2D eigenvalue weighted by Crippen LogP contribution is -1.96. The van der Waals surface area contributed by atoms with E-state index in [1.807, 2.05) is 31.3 Å². The summed E-state index contributed by atoms with van der Waals surface area (Å²) < 4.78 is 0. The Hall–Kier alpha value is -1.70. The summed E-state index contributed by atoms with van der Waals surface area (Å²) in [5.74, 6) is 0. The van der Waals surface area contributed by atoms with Crippen LogP contribution in [-0.2, 0) is 0 Å². The van der Waals surface area contributed by atoms with Gasteiger partial charge in [0.05, 0.1) is 11.4 Å². The van der Waals surface area contributed by atoms with Gasteiger partial charge in [0.15, 0.2) is 0 Å². The summed E-state index contributed by atoms with van der Waals surface area (Å²) in [5, 5.41) is 5.49. The Kier molecular flexibility index (Phi) is 1.81. The first-order valence-electron chi connectivity index (χ1n) is 4.28. The molecule has 0 fully saturated rings. The van der Waals surface area contributed by atoms with Crippen LogP contribution in [-0.4, -0.2) is 7.05 Å². The van der Waals surface area contributed by atoms with Gasteiger partial charge in [0.2, 0.25) is 0 Å². The van der Waals surface area contributed by atoms with Gasteiger partial charge in [-0.05, 0) is 11.5 Å². The van der Waals surface area contributed by atoms with Gasteiger partial charge in [-0.1, -0.05) is 30.3 Å². The number of nitrogen functional groups attached to an aromatic ring is 1. The summed E-state index contributed by atoms with van der Waals surface area (Å²) in [4.78, 5) is 0. The molecule has 0 atom stereocenters. The molecule has 2 aromatic rings. The summed E-state index contributed by atoms with van der Waals surface area (Å²) in [6.07, 6.45) is 0. The summed E-state index contributed by atoms with van der Waals surface area (Å²) in [6.45, 7) is 0. The van der Waals surface area contributed by atoms with Crippen LogP contribution in [0, 0.1) is 0 Å². The second-order valence-corrected chi connectivity index (χ2v) is 3.00. The molecule has 0 aromatic heterocycles. The maximum atomic E-state index is 5.83. The van der Waals surface area contributed by atoms with Crippen LogP contribution in [0.3, 0.4) is 0 Å². The molecule has 0 unspecified atom stereocenters. The molecular formula is C11H12N2. The van der Waals surface area contributed by atoms with Crippen LogP contribution in [0.2, 0.25) is 0 Å². The number of rotatable bonds is 1. The van der Waals surface area contributed by atoms with Gasteiger partial charge in [0, 0.05) is 12.4 Å². The molecule has 0 amide bonds. The van der Waals surface area contributed by atoms with Gasteiger partial charge in [-0.2, -0.15) is 0 Å². The molecule has 66 valence electrons. The predicted molar refractivity (Wildman–Crippen MR) is 57.9 cm³/mol. The van der Waals surface area contributed by atoms with Crippen LogP contribution in [0.4, 0.5) is 11.4 Å². The average Bonchev–Trinajstić information content (AvgIpc) is 2.18. The second-order valence-electron chi connectivity index (χ2n) is 3.00. The molecule has 0 aliphatic carbocycles. The van der Waals surface area contributed by atoms with Gasteiger partial charge in [-0.3, -0.25) is 0 Å². The van der Waals surface area contributed by atoms with E-state index in [0.717, 1.165) is 11.4 Å². The summed E-state index contributed by atoms with van der Waals surface area (Å²) in [6, 6.07) is 12.1. The highest BCUT2D eigenvalue weighted by atomic mass is 14.8. The molecule has 0 heterocycles. The monoisotopic (exact) mass is 172 g/mol. The molecule has 2 nitrogen and oxygen atoms in total. The van der Waals surface area contributed by atoms with Crippen LogP contribution in [0.5, 0.6) is 0 Å². The zero-order chi connectivity index (χ0) is 9.26. The van der Waals surface area contributed by atoms with Crippen molar-refractivity contribution < 1.29 is 0 Å². The van der Waals surface area contributed by atoms with Crippen molar-refractivity contribution in [1.82, 2.24) is 0 Å². The van der Waals surface area contributed by atoms with Crippen molar-refractivity contribution in [2.45, 2.75) is 0 Å². The number of benzene rings is 2. The third kappa shape index (κ3) is 1.20. The van der Waals surface area contributed by atoms with E-state index in [9.17, 15) is 0 Å². The largest absolute Gasteiger partial charge is 0.397 e. The van der Waals surface area contributed by atoms with Gasteiger partial charge in [0.1, 0.15) is 0 Å². The van der Waals surface area contributed by atoms with Gasteiger partial charge in [-0.25, -0.2) is 0 Å². The number of nitrogens with two attached hydrogens (primary N) is 1. The minimum absolute atomic E-state index is 0.793. The molecule has 0 radical (unpaired) electrons. The lowest BCUT2D eigenvalue weighted by Gasteiger charge is -2.08. The van der Waals surface area contributed by atoms with Crippen molar-refractivity contribution in [3.05, 3.63) is 36.4 Å². The van der Waals surface area contributed by atoms with Crippen molar-refractivity contribution in [2.24, 2.45) is 0 Å². The van der Waals surface area contributed by atoms with Gasteiger partial charge < -0.3 is 11.1 Å². The molecule has 13 heavy (non-hydrogen) atoms. The molecule has 0 saturated carbocycles. The summed E-state index contributed by atoms with van der Waals surface area (Å²) in [7, 11) is 1.89. The van der Waals surface area contributed by atoms with E-state index in [4.69, 9.17) is 5.73 Å². The minimum atomic E-state index is 0.793. The molecule has 2 aromatic carbocycles. The Balaban J connectivity index is 2.84. The Morgan fingerprint density at radius 3 is 2.62 bits per heavy atom. The fourth-order valence-electron chi connectivity index (χ4n) is 1.57. The Labute approximate surface area is 77.4 Å². The van der Waals surface area contributed by atoms with E-state index in [0.29, 0.717) is 0 Å². The molecule has 2 heteroatoms. The molecule has 0 spiro atoms. The van der Waals surface area contributed by atoms with Crippen molar-refractivity contribution in [1.29, 1.82) is 0 Å². The molecular weight excluding hydrogens is 160 g/mol. The van der Waals surface area contributed by atoms with Crippen LogP contribution >= 0.6 is 0 Å². The van der Waals surface area contributed by atoms with E-state index < -0.39 is 0 Å². The number of fused-ring (bicyclic) bond motifs is 1. The lowest BCUT2D eigenvalue weighted by atomic mass is 10.1. The zero-order valence-electron chi connectivity index (χ0n) is 7.54. The normalized spacial score (nSPS) is 10.2. The smallest absolute Gasteiger partial charge is 0.0650 e. The molecule has 0 bridgehead atoms. The first-order chi connectivity index (χ1) is 6.33. The van der Waals surface area contributed by atoms with Crippen LogP contribution in [0.1, 0.15) is 0 Å². The predicted octanol–water partition coefficient (Wildman–Crippen LogP) is 2.46. The van der Waals surface area contributed by atoms with Crippen molar-refractivity contribution in [2.75, 3.05) is 18.1 Å². The second kappa shape index (κ2) is 2.98. The van der Waals surface area contributed by atoms with Crippen LogP contribution < -0.4 is 11.1 Å². The Morgan fingerprint density at radius 1 is 1.08 bits per heavy atom. The molecule has 3 N–H and O–H groups in total. The molecule has 0 aliphatic rings. The van der Waals surface area contributed by atoms with Crippen molar-refractivity contribution in [3.63, 3.8) is 0 Å². The van der Waals surface area contributed by atoms with Gasteiger partial charge in [-0.15, -0.1) is 0 Å². The molecule has 0 saturated heterocycles. The van der Waals surface area contributed by atoms with Crippen LogP contribution in [0.15, 0.2) is 36.4 Å². The topological polar surface area (TPSA) is 38.0 Å². The van der Waals surface area contributed by atoms with Crippen molar-refractivity contribution >= 4 is 22.1 Å². The third-order valence-electron chi connectivity index (χ3n) is 2.21. The highest BCUT2D eigenvalue weighted by Crippen LogP contribution is 2.28. The SMILES string of the molecule is CNc1c(N)ccc2ccccc12. The number of anilines is 2. The number of hydrogen-bond acceptors (Lipinski definition) is 2. The van der Waals surface area contributed by atoms with E-state index in [2.05, 4.69) is 17.4 Å². The fourth-order valence-corrected chi connectivity index (χ4v) is 1.57. The number of hydrogen-bond donors (Lipinski definition) is 2. The van der Waals surface area contributed by atoms with E-state index in [-0.39, 0.29) is 0 Å². The lowest BCUT2D eigenvalue weighted by molar-refractivity contribution is 1.54. The van der Waals surface area contributed by atoms with E-state index in [1.165, 1.54) is 10.8 Å². The zero-order valence-corrected chi connectivity index (χ0v) is 7.54. The molecule has 2 rings (SSSR count). The Bertz CT molecular complexity index is 435. The standard InChI is InChI=1S/C11H12N2/c1-13-11-9-5-3-2-4-8(9)6-7-10(11)12/h2-7,13H,12H2,1H3. The quantitative estimate of drug-likeness (QED) is 0.648. The van der Waals surface area contributed by atoms with Crippen molar-refractivity contribution in [3.8, 4) is 0 Å². The van der Waals surface area contributed by atoms with Crippen LogP contribution in [0.25, 0.3) is 10.8 Å². The van der Waals surface area contributed by atoms with E-state index in [1.54, 1.807) is 0 Å². The first-order valence-corrected chi connectivity index (χ1v) is 4.28. The summed E-state index contributed by atoms with van der Waals surface area (Å²) >= 11 is 0. The van der Waals surface area contributed by atoms with E-state index >= 15 is 0 Å². The van der Waals surface area contributed by atoms with Gasteiger partial charge in [0.25, 0.3) is 0 Å². The number of nitrogens with one attached hydrogen (secondary N) is 1. The maximum Gasteiger partial charge on any atom is 0.0650 e. The Morgan fingerprint density at radius 2 is 1.85 bits per heavy atom. The average molecular weight is 172 g/mol. The first kappa shape index (κ1) is 7.92. The van der Waals surface area contributed by atoms with Gasteiger partial charge >= 0.3 is 0 Å². The summed E-state index contributed by atoms with van der Waals surface area (Å²) in [5.41, 5.74) is 7.64. The maximum absolute atomic E-state index is 5.83.